The molecule has 114 valence electrons. The average Bonchev–Trinajstić information content (AvgIpc) is 2.48. The van der Waals surface area contributed by atoms with Crippen LogP contribution in [0.1, 0.15) is 34.1 Å². The normalized spacial score (nSPS) is 11.8. The van der Waals surface area contributed by atoms with Crippen molar-refractivity contribution in [1.82, 2.24) is 10.3 Å². The number of pyridine rings is 1. The lowest BCUT2D eigenvalue weighted by Gasteiger charge is -2.13. The van der Waals surface area contributed by atoms with Gasteiger partial charge < -0.3 is 5.32 Å². The quantitative estimate of drug-likeness (QED) is 0.860. The maximum absolute atomic E-state index is 12.8. The van der Waals surface area contributed by atoms with Crippen molar-refractivity contribution in [2.45, 2.75) is 19.4 Å². The summed E-state index contributed by atoms with van der Waals surface area (Å²) in [5.41, 5.74) is 0.710. The fourth-order valence-corrected chi connectivity index (χ4v) is 2.15. The summed E-state index contributed by atoms with van der Waals surface area (Å²) < 4.78 is 12.8. The molecule has 0 radical (unpaired) electrons. The van der Waals surface area contributed by atoms with Gasteiger partial charge in [0.1, 0.15) is 5.82 Å². The first-order chi connectivity index (χ1) is 10.5. The van der Waals surface area contributed by atoms with Gasteiger partial charge in [-0.3, -0.25) is 14.6 Å². The zero-order chi connectivity index (χ0) is 16.1. The maximum Gasteiger partial charge on any atom is 0.253 e. The van der Waals surface area contributed by atoms with Crippen molar-refractivity contribution in [1.29, 1.82) is 0 Å². The molecular formula is C16H14ClFN2O2. The number of Topliss-reactive ketones (excluding diaryl/α,β-unsaturated/α-hetero) is 1. The lowest BCUT2D eigenvalue weighted by molar-refractivity contribution is 0.0918. The van der Waals surface area contributed by atoms with E-state index in [1.165, 1.54) is 42.7 Å². The van der Waals surface area contributed by atoms with Crippen LogP contribution < -0.4 is 5.32 Å². The molecule has 2 rings (SSSR count). The van der Waals surface area contributed by atoms with Crippen LogP contribution in [0.3, 0.4) is 0 Å². The summed E-state index contributed by atoms with van der Waals surface area (Å²) in [6.07, 6.45) is 2.96. The highest BCUT2D eigenvalue weighted by Gasteiger charge is 2.16. The highest BCUT2D eigenvalue weighted by atomic mass is 35.5. The molecule has 0 fully saturated rings. The monoisotopic (exact) mass is 320 g/mol. The predicted molar refractivity (Wildman–Crippen MR) is 81.5 cm³/mol. The molecule has 0 aliphatic rings. The fourth-order valence-electron chi connectivity index (χ4n) is 1.94. The van der Waals surface area contributed by atoms with E-state index in [1.807, 2.05) is 0 Å². The Balaban J connectivity index is 1.96. The molecule has 1 aromatic carbocycles. The molecule has 1 amide bonds. The Kier molecular flexibility index (Phi) is 5.22. The molecule has 0 saturated heterocycles. The van der Waals surface area contributed by atoms with Gasteiger partial charge in [-0.2, -0.15) is 0 Å². The number of hydrogen-bond acceptors (Lipinski definition) is 3. The highest BCUT2D eigenvalue weighted by Crippen LogP contribution is 2.14. The topological polar surface area (TPSA) is 59.1 Å². The highest BCUT2D eigenvalue weighted by molar-refractivity contribution is 6.33. The molecule has 0 spiro atoms. The van der Waals surface area contributed by atoms with Gasteiger partial charge in [-0.1, -0.05) is 11.6 Å². The van der Waals surface area contributed by atoms with Crippen LogP contribution in [0.15, 0.2) is 42.7 Å². The molecule has 1 aromatic heterocycles. The SMILES string of the molecule is CC(CC(=O)c1ccc(F)cc1)NC(=O)c1ccncc1Cl. The number of hydrogen-bond donors (Lipinski definition) is 1. The smallest absolute Gasteiger partial charge is 0.253 e. The van der Waals surface area contributed by atoms with E-state index in [1.54, 1.807) is 6.92 Å². The van der Waals surface area contributed by atoms with E-state index in [2.05, 4.69) is 10.3 Å². The minimum atomic E-state index is -0.398. The van der Waals surface area contributed by atoms with Crippen molar-refractivity contribution >= 4 is 23.3 Å². The number of carbonyl (C=O) groups is 2. The summed E-state index contributed by atoms with van der Waals surface area (Å²) in [6, 6.07) is 6.43. The lowest BCUT2D eigenvalue weighted by Crippen LogP contribution is -2.34. The Morgan fingerprint density at radius 3 is 2.59 bits per heavy atom. The zero-order valence-corrected chi connectivity index (χ0v) is 12.6. The third-order valence-corrected chi connectivity index (χ3v) is 3.35. The van der Waals surface area contributed by atoms with E-state index in [9.17, 15) is 14.0 Å². The van der Waals surface area contributed by atoms with Gasteiger partial charge in [0.2, 0.25) is 0 Å². The van der Waals surface area contributed by atoms with Crippen molar-refractivity contribution in [2.24, 2.45) is 0 Å². The summed E-state index contributed by atoms with van der Waals surface area (Å²) in [5, 5.41) is 2.95. The Morgan fingerprint density at radius 1 is 1.27 bits per heavy atom. The number of rotatable bonds is 5. The average molecular weight is 321 g/mol. The number of aromatic nitrogens is 1. The van der Waals surface area contributed by atoms with Gasteiger partial charge in [-0.15, -0.1) is 0 Å². The Bertz CT molecular complexity index is 689. The van der Waals surface area contributed by atoms with Gasteiger partial charge >= 0.3 is 0 Å². The third kappa shape index (κ3) is 4.11. The van der Waals surface area contributed by atoms with E-state index in [0.29, 0.717) is 11.1 Å². The molecule has 2 aromatic rings. The number of amides is 1. The Labute approximate surface area is 132 Å². The van der Waals surface area contributed by atoms with Gasteiger partial charge in [0, 0.05) is 30.4 Å². The van der Waals surface area contributed by atoms with E-state index < -0.39 is 5.82 Å². The minimum Gasteiger partial charge on any atom is -0.349 e. The zero-order valence-electron chi connectivity index (χ0n) is 11.8. The first-order valence-corrected chi connectivity index (χ1v) is 7.04. The van der Waals surface area contributed by atoms with Gasteiger partial charge in [0.05, 0.1) is 10.6 Å². The Morgan fingerprint density at radius 2 is 1.95 bits per heavy atom. The lowest BCUT2D eigenvalue weighted by atomic mass is 10.0. The summed E-state index contributed by atoms with van der Waals surface area (Å²) in [5.74, 6) is -0.939. The number of halogens is 2. The van der Waals surface area contributed by atoms with Crippen molar-refractivity contribution in [2.75, 3.05) is 0 Å². The van der Waals surface area contributed by atoms with E-state index in [-0.39, 0.29) is 29.2 Å². The summed E-state index contributed by atoms with van der Waals surface area (Å²) in [6.45, 7) is 1.72. The van der Waals surface area contributed by atoms with Gasteiger partial charge in [-0.05, 0) is 37.3 Å². The van der Waals surface area contributed by atoms with Crippen LogP contribution in [0, 0.1) is 5.82 Å². The van der Waals surface area contributed by atoms with Crippen LogP contribution in [0.5, 0.6) is 0 Å². The molecule has 0 bridgehead atoms. The first kappa shape index (κ1) is 16.1. The second kappa shape index (κ2) is 7.13. The van der Waals surface area contributed by atoms with E-state index in [4.69, 9.17) is 11.6 Å². The standard InChI is InChI=1S/C16H14ClFN2O2/c1-10(8-15(21)11-2-4-12(18)5-3-11)20-16(22)13-6-7-19-9-14(13)17/h2-7,9-10H,8H2,1H3,(H,20,22). The maximum atomic E-state index is 12.8. The molecule has 6 heteroatoms. The van der Waals surface area contributed by atoms with Crippen LogP contribution in [0.4, 0.5) is 4.39 Å². The third-order valence-electron chi connectivity index (χ3n) is 3.05. The van der Waals surface area contributed by atoms with Gasteiger partial charge in [-0.25, -0.2) is 4.39 Å². The number of benzene rings is 1. The van der Waals surface area contributed by atoms with Gasteiger partial charge in [0.15, 0.2) is 5.78 Å². The molecule has 0 saturated carbocycles. The summed E-state index contributed by atoms with van der Waals surface area (Å²) >= 11 is 5.89. The molecule has 1 atom stereocenters. The van der Waals surface area contributed by atoms with Crippen molar-refractivity contribution in [3.8, 4) is 0 Å². The van der Waals surface area contributed by atoms with Crippen LogP contribution in [-0.4, -0.2) is 22.7 Å². The van der Waals surface area contributed by atoms with Crippen LogP contribution in [0.25, 0.3) is 0 Å². The molecular weight excluding hydrogens is 307 g/mol. The number of carbonyl (C=O) groups excluding carboxylic acids is 2. The summed E-state index contributed by atoms with van der Waals surface area (Å²) in [7, 11) is 0. The van der Waals surface area contributed by atoms with Crippen molar-refractivity contribution in [3.63, 3.8) is 0 Å². The molecule has 1 heterocycles. The number of nitrogens with one attached hydrogen (secondary N) is 1. The van der Waals surface area contributed by atoms with E-state index in [0.717, 1.165) is 0 Å². The molecule has 22 heavy (non-hydrogen) atoms. The molecule has 0 aliphatic heterocycles. The molecule has 4 nitrogen and oxygen atoms in total. The fraction of sp³-hybridized carbons (Fsp3) is 0.188. The number of nitrogens with zero attached hydrogens (tertiary/aromatic N) is 1. The van der Waals surface area contributed by atoms with Crippen molar-refractivity contribution < 1.29 is 14.0 Å². The second-order valence-electron chi connectivity index (χ2n) is 4.86. The first-order valence-electron chi connectivity index (χ1n) is 6.66. The largest absolute Gasteiger partial charge is 0.349 e. The predicted octanol–water partition coefficient (Wildman–Crippen LogP) is 3.27. The Hall–Kier alpha value is -2.27. The van der Waals surface area contributed by atoms with E-state index >= 15 is 0 Å². The van der Waals surface area contributed by atoms with Crippen LogP contribution >= 0.6 is 11.6 Å². The van der Waals surface area contributed by atoms with Crippen LogP contribution in [0.2, 0.25) is 5.02 Å². The summed E-state index contributed by atoms with van der Waals surface area (Å²) in [4.78, 5) is 27.9. The molecule has 0 aliphatic carbocycles. The van der Waals surface area contributed by atoms with Crippen molar-refractivity contribution in [3.05, 3.63) is 64.7 Å². The molecule has 1 unspecified atom stereocenters. The number of ketones is 1. The van der Waals surface area contributed by atoms with Gasteiger partial charge in [0.25, 0.3) is 5.91 Å². The minimum absolute atomic E-state index is 0.111. The second-order valence-corrected chi connectivity index (χ2v) is 5.27. The van der Waals surface area contributed by atoms with Crippen LogP contribution in [-0.2, 0) is 0 Å². The molecule has 1 N–H and O–H groups in total.